The summed E-state index contributed by atoms with van der Waals surface area (Å²) in [6, 6.07) is 9.91. The van der Waals surface area contributed by atoms with E-state index in [1.807, 2.05) is 24.3 Å². The number of nitrogens with one attached hydrogen (secondary N) is 1. The summed E-state index contributed by atoms with van der Waals surface area (Å²) in [4.78, 5) is 35.1. The summed E-state index contributed by atoms with van der Waals surface area (Å²) < 4.78 is 1.91. The van der Waals surface area contributed by atoms with E-state index in [0.717, 1.165) is 14.8 Å². The second-order valence-corrected chi connectivity index (χ2v) is 6.13. The third-order valence-corrected chi connectivity index (χ3v) is 4.71. The zero-order chi connectivity index (χ0) is 17.3. The Morgan fingerprint density at radius 3 is 2.71 bits per heavy atom. The number of rotatable bonds is 4. The van der Waals surface area contributed by atoms with Crippen molar-refractivity contribution in [3.63, 3.8) is 0 Å². The molecule has 0 fully saturated rings. The number of hydrogen-bond donors (Lipinski definition) is 2. The van der Waals surface area contributed by atoms with Crippen LogP contribution in [0.4, 0.5) is 0 Å². The predicted octanol–water partition coefficient (Wildman–Crippen LogP) is 1.62. The average molecular weight is 343 g/mol. The molecule has 0 radical (unpaired) electrons. The van der Waals surface area contributed by atoms with E-state index in [-0.39, 0.29) is 22.7 Å². The zero-order valence-electron chi connectivity index (χ0n) is 12.6. The van der Waals surface area contributed by atoms with Crippen LogP contribution in [0.5, 0.6) is 0 Å². The van der Waals surface area contributed by atoms with Crippen molar-refractivity contribution >= 4 is 33.3 Å². The summed E-state index contributed by atoms with van der Waals surface area (Å²) in [7, 11) is 1.45. The molecule has 24 heavy (non-hydrogen) atoms. The van der Waals surface area contributed by atoms with Gasteiger partial charge in [0.2, 0.25) is 0 Å². The van der Waals surface area contributed by atoms with Gasteiger partial charge in [0.25, 0.3) is 11.5 Å². The van der Waals surface area contributed by atoms with Crippen molar-refractivity contribution < 1.29 is 14.7 Å². The molecule has 1 amide bonds. The van der Waals surface area contributed by atoms with E-state index >= 15 is 0 Å². The van der Waals surface area contributed by atoms with Gasteiger partial charge in [-0.25, -0.2) is 9.48 Å². The molecule has 2 aromatic heterocycles. The normalized spacial score (nSPS) is 10.7. The SMILES string of the molecule is Cn1nc(C(=O)NCc2c(C(=O)O)sc3ccccc23)ccc1=O. The van der Waals surface area contributed by atoms with Gasteiger partial charge in [0.05, 0.1) is 0 Å². The van der Waals surface area contributed by atoms with E-state index in [4.69, 9.17) is 0 Å². The Morgan fingerprint density at radius 1 is 1.25 bits per heavy atom. The standard InChI is InChI=1S/C16H13N3O4S/c1-19-13(20)7-6-11(18-19)15(21)17-8-10-9-4-2-3-5-12(9)24-14(10)16(22)23/h2-7H,8H2,1H3,(H,17,21)(H,22,23). The molecule has 2 heterocycles. The van der Waals surface area contributed by atoms with Gasteiger partial charge in [-0.05, 0) is 17.5 Å². The van der Waals surface area contributed by atoms with Crippen molar-refractivity contribution in [3.05, 3.63) is 62.9 Å². The second kappa shape index (κ2) is 6.25. The highest BCUT2D eigenvalue weighted by molar-refractivity contribution is 7.21. The number of carboxylic acid groups (broad SMARTS) is 1. The van der Waals surface area contributed by atoms with Gasteiger partial charge in [0, 0.05) is 29.9 Å². The molecule has 0 bridgehead atoms. The van der Waals surface area contributed by atoms with Crippen molar-refractivity contribution in [3.8, 4) is 0 Å². The Morgan fingerprint density at radius 2 is 2.00 bits per heavy atom. The fourth-order valence-corrected chi connectivity index (χ4v) is 3.39. The number of thiophene rings is 1. The van der Waals surface area contributed by atoms with E-state index in [9.17, 15) is 19.5 Å². The molecule has 7 nitrogen and oxygen atoms in total. The largest absolute Gasteiger partial charge is 0.477 e. The number of benzene rings is 1. The third-order valence-electron chi connectivity index (χ3n) is 3.51. The zero-order valence-corrected chi connectivity index (χ0v) is 13.5. The molecule has 0 saturated carbocycles. The van der Waals surface area contributed by atoms with Gasteiger partial charge in [-0.1, -0.05) is 18.2 Å². The average Bonchev–Trinajstić information content (AvgIpc) is 2.94. The maximum atomic E-state index is 12.2. The Labute approximate surface area is 140 Å². The summed E-state index contributed by atoms with van der Waals surface area (Å²) in [5, 5.41) is 16.7. The van der Waals surface area contributed by atoms with Crippen LogP contribution < -0.4 is 10.9 Å². The van der Waals surface area contributed by atoms with E-state index in [1.54, 1.807) is 0 Å². The quantitative estimate of drug-likeness (QED) is 0.750. The van der Waals surface area contributed by atoms with Crippen LogP contribution in [0.2, 0.25) is 0 Å². The number of fused-ring (bicyclic) bond motifs is 1. The first-order valence-corrected chi connectivity index (χ1v) is 7.85. The lowest BCUT2D eigenvalue weighted by molar-refractivity contribution is 0.0700. The number of carbonyl (C=O) groups is 2. The Balaban J connectivity index is 1.88. The molecule has 0 unspecified atom stereocenters. The Kier molecular flexibility index (Phi) is 4.13. The number of aryl methyl sites for hydroxylation is 1. The van der Waals surface area contributed by atoms with Crippen LogP contribution in [0.1, 0.15) is 25.7 Å². The molecular formula is C16H13N3O4S. The van der Waals surface area contributed by atoms with Crippen molar-refractivity contribution in [1.82, 2.24) is 15.1 Å². The van der Waals surface area contributed by atoms with Gasteiger partial charge in [0.15, 0.2) is 0 Å². The van der Waals surface area contributed by atoms with E-state index < -0.39 is 11.9 Å². The summed E-state index contributed by atoms with van der Waals surface area (Å²) in [6.07, 6.45) is 0. The lowest BCUT2D eigenvalue weighted by atomic mass is 10.1. The van der Waals surface area contributed by atoms with Gasteiger partial charge >= 0.3 is 5.97 Å². The molecule has 3 rings (SSSR count). The number of nitrogens with zero attached hydrogens (tertiary/aromatic N) is 2. The van der Waals surface area contributed by atoms with Crippen LogP contribution in [0, 0.1) is 0 Å². The van der Waals surface area contributed by atoms with E-state index in [0.29, 0.717) is 5.56 Å². The number of aromatic nitrogens is 2. The number of carbonyl (C=O) groups excluding carboxylic acids is 1. The van der Waals surface area contributed by atoms with Crippen molar-refractivity contribution in [2.24, 2.45) is 7.05 Å². The van der Waals surface area contributed by atoms with Crippen LogP contribution in [-0.4, -0.2) is 26.8 Å². The molecule has 0 aliphatic heterocycles. The van der Waals surface area contributed by atoms with Crippen LogP contribution in [0.3, 0.4) is 0 Å². The first kappa shape index (κ1) is 15.9. The Bertz CT molecular complexity index is 1010. The maximum absolute atomic E-state index is 12.2. The maximum Gasteiger partial charge on any atom is 0.346 e. The van der Waals surface area contributed by atoms with Crippen LogP contribution in [0.25, 0.3) is 10.1 Å². The summed E-state index contributed by atoms with van der Waals surface area (Å²) in [6.45, 7) is 0.0645. The minimum atomic E-state index is -1.03. The number of amides is 1. The fourth-order valence-electron chi connectivity index (χ4n) is 2.33. The minimum Gasteiger partial charge on any atom is -0.477 e. The molecule has 0 atom stereocenters. The van der Waals surface area contributed by atoms with E-state index in [2.05, 4.69) is 10.4 Å². The first-order chi connectivity index (χ1) is 11.5. The number of hydrogen-bond acceptors (Lipinski definition) is 5. The van der Waals surface area contributed by atoms with Crippen LogP contribution in [-0.2, 0) is 13.6 Å². The lowest BCUT2D eigenvalue weighted by Gasteiger charge is -2.06. The molecule has 0 saturated heterocycles. The van der Waals surface area contributed by atoms with Crippen molar-refractivity contribution in [1.29, 1.82) is 0 Å². The predicted molar refractivity (Wildman–Crippen MR) is 89.4 cm³/mol. The highest BCUT2D eigenvalue weighted by Gasteiger charge is 2.18. The molecule has 8 heteroatoms. The molecule has 3 aromatic rings. The summed E-state index contributed by atoms with van der Waals surface area (Å²) >= 11 is 1.17. The third kappa shape index (κ3) is 2.91. The van der Waals surface area contributed by atoms with Gasteiger partial charge in [-0.15, -0.1) is 11.3 Å². The molecule has 0 aliphatic carbocycles. The van der Waals surface area contributed by atoms with Crippen molar-refractivity contribution in [2.45, 2.75) is 6.54 Å². The van der Waals surface area contributed by atoms with Gasteiger partial charge in [-0.2, -0.15) is 5.10 Å². The monoisotopic (exact) mass is 343 g/mol. The Hall–Kier alpha value is -3.00. The number of carboxylic acids is 1. The van der Waals surface area contributed by atoms with Crippen LogP contribution >= 0.6 is 11.3 Å². The molecule has 0 aliphatic rings. The fraction of sp³-hybridized carbons (Fsp3) is 0.125. The second-order valence-electron chi connectivity index (χ2n) is 5.07. The lowest BCUT2D eigenvalue weighted by Crippen LogP contribution is -2.28. The molecule has 1 aromatic carbocycles. The van der Waals surface area contributed by atoms with Gasteiger partial charge < -0.3 is 10.4 Å². The minimum absolute atomic E-state index is 0.0645. The van der Waals surface area contributed by atoms with Gasteiger partial charge in [-0.3, -0.25) is 9.59 Å². The molecule has 122 valence electrons. The summed E-state index contributed by atoms with van der Waals surface area (Å²) in [5.74, 6) is -1.50. The molecular weight excluding hydrogens is 330 g/mol. The van der Waals surface area contributed by atoms with Crippen molar-refractivity contribution in [2.75, 3.05) is 0 Å². The first-order valence-electron chi connectivity index (χ1n) is 7.03. The van der Waals surface area contributed by atoms with E-state index in [1.165, 1.54) is 30.5 Å². The molecule has 0 spiro atoms. The number of aromatic carboxylic acids is 1. The van der Waals surface area contributed by atoms with Crippen LogP contribution in [0.15, 0.2) is 41.2 Å². The smallest absolute Gasteiger partial charge is 0.346 e. The highest BCUT2D eigenvalue weighted by atomic mass is 32.1. The molecule has 2 N–H and O–H groups in total. The highest BCUT2D eigenvalue weighted by Crippen LogP contribution is 2.31. The summed E-state index contributed by atoms with van der Waals surface area (Å²) in [5.41, 5.74) is 0.332. The topological polar surface area (TPSA) is 101 Å². The van der Waals surface area contributed by atoms with Gasteiger partial charge in [0.1, 0.15) is 10.6 Å².